The molecule has 2 saturated carbocycles. The lowest BCUT2D eigenvalue weighted by molar-refractivity contribution is -0.158. The van der Waals surface area contributed by atoms with Crippen molar-refractivity contribution in [3.8, 4) is 0 Å². The topological polar surface area (TPSA) is 47.6 Å². The summed E-state index contributed by atoms with van der Waals surface area (Å²) >= 11 is 0. The van der Waals surface area contributed by atoms with E-state index in [9.17, 15) is 4.79 Å². The van der Waals surface area contributed by atoms with Gasteiger partial charge in [-0.05, 0) is 38.0 Å². The zero-order chi connectivity index (χ0) is 13.8. The van der Waals surface area contributed by atoms with Crippen molar-refractivity contribution < 1.29 is 14.3 Å². The van der Waals surface area contributed by atoms with Gasteiger partial charge in [-0.2, -0.15) is 0 Å². The normalized spacial score (nSPS) is 35.3. The zero-order valence-electron chi connectivity index (χ0n) is 12.3. The molecule has 1 aliphatic heterocycles. The van der Waals surface area contributed by atoms with Crippen LogP contribution in [-0.2, 0) is 14.3 Å². The molecule has 0 radical (unpaired) electrons. The van der Waals surface area contributed by atoms with Gasteiger partial charge in [0, 0.05) is 12.5 Å². The number of carbonyl (C=O) groups excluding carboxylic acids is 1. The molecule has 0 aromatic rings. The summed E-state index contributed by atoms with van der Waals surface area (Å²) in [7, 11) is 0. The summed E-state index contributed by atoms with van der Waals surface area (Å²) in [5, 5.41) is 3.22. The first-order valence-corrected chi connectivity index (χ1v) is 8.34. The molecule has 0 aromatic heterocycles. The van der Waals surface area contributed by atoms with E-state index >= 15 is 0 Å². The lowest BCUT2D eigenvalue weighted by Gasteiger charge is -2.39. The van der Waals surface area contributed by atoms with E-state index in [0.717, 1.165) is 32.3 Å². The number of fused-ring (bicyclic) bond motifs is 1. The summed E-state index contributed by atoms with van der Waals surface area (Å²) in [6.45, 7) is 1.42. The fourth-order valence-electron chi connectivity index (χ4n) is 3.94. The Kier molecular flexibility index (Phi) is 4.94. The van der Waals surface area contributed by atoms with E-state index in [1.807, 2.05) is 0 Å². The third-order valence-corrected chi connectivity index (χ3v) is 5.04. The van der Waals surface area contributed by atoms with E-state index in [1.165, 1.54) is 32.1 Å². The summed E-state index contributed by atoms with van der Waals surface area (Å²) in [4.78, 5) is 12.2. The molecule has 1 saturated heterocycles. The molecule has 3 aliphatic rings. The third kappa shape index (κ3) is 3.73. The minimum Gasteiger partial charge on any atom is -0.373 e. The maximum absolute atomic E-state index is 12.2. The van der Waals surface area contributed by atoms with Crippen LogP contribution in [0.5, 0.6) is 0 Å². The van der Waals surface area contributed by atoms with Crippen molar-refractivity contribution in [2.45, 2.75) is 76.0 Å². The fraction of sp³-hybridized carbons (Fsp3) is 0.938. The Morgan fingerprint density at radius 2 is 1.70 bits per heavy atom. The first-order chi connectivity index (χ1) is 9.81. The van der Waals surface area contributed by atoms with Crippen LogP contribution in [0.2, 0.25) is 0 Å². The number of ether oxygens (including phenoxy) is 2. The van der Waals surface area contributed by atoms with Gasteiger partial charge in [0.2, 0.25) is 5.91 Å². The molecule has 0 bridgehead atoms. The molecule has 1 amide bonds. The number of amides is 1. The van der Waals surface area contributed by atoms with E-state index in [1.54, 1.807) is 0 Å². The molecule has 4 nitrogen and oxygen atoms in total. The predicted octanol–water partition coefficient (Wildman–Crippen LogP) is 2.41. The van der Waals surface area contributed by atoms with Gasteiger partial charge < -0.3 is 14.8 Å². The van der Waals surface area contributed by atoms with Crippen molar-refractivity contribution in [1.82, 2.24) is 5.32 Å². The summed E-state index contributed by atoms with van der Waals surface area (Å²) in [5.41, 5.74) is 0. The first-order valence-electron chi connectivity index (χ1n) is 8.34. The quantitative estimate of drug-likeness (QED) is 0.864. The van der Waals surface area contributed by atoms with Crippen molar-refractivity contribution in [1.29, 1.82) is 0 Å². The van der Waals surface area contributed by atoms with Gasteiger partial charge in [-0.15, -0.1) is 0 Å². The van der Waals surface area contributed by atoms with Crippen LogP contribution in [-0.4, -0.2) is 37.4 Å². The van der Waals surface area contributed by atoms with Crippen molar-refractivity contribution in [3.63, 3.8) is 0 Å². The average Bonchev–Trinajstić information content (AvgIpc) is 2.48. The SMILES string of the molecule is O=C(CC1CCCCC1)NC1CCC2OCCOC2C1. The van der Waals surface area contributed by atoms with Crippen LogP contribution in [0.1, 0.15) is 57.8 Å². The molecule has 3 atom stereocenters. The highest BCUT2D eigenvalue weighted by molar-refractivity contribution is 5.76. The second kappa shape index (κ2) is 6.90. The Morgan fingerprint density at radius 3 is 2.50 bits per heavy atom. The molecule has 4 heteroatoms. The lowest BCUT2D eigenvalue weighted by Crippen LogP contribution is -2.49. The summed E-state index contributed by atoms with van der Waals surface area (Å²) < 4.78 is 11.5. The first kappa shape index (κ1) is 14.3. The third-order valence-electron chi connectivity index (χ3n) is 5.04. The number of nitrogens with one attached hydrogen (secondary N) is 1. The van der Waals surface area contributed by atoms with Crippen LogP contribution in [0.4, 0.5) is 0 Å². The molecule has 0 aromatic carbocycles. The molecular formula is C16H27NO3. The van der Waals surface area contributed by atoms with Gasteiger partial charge in [0.05, 0.1) is 25.4 Å². The van der Waals surface area contributed by atoms with Crippen molar-refractivity contribution in [2.24, 2.45) is 5.92 Å². The Labute approximate surface area is 121 Å². The Bertz CT molecular complexity index is 328. The van der Waals surface area contributed by atoms with E-state index in [2.05, 4.69) is 5.32 Å². The highest BCUT2D eigenvalue weighted by atomic mass is 16.6. The maximum atomic E-state index is 12.2. The molecule has 0 spiro atoms. The molecule has 3 unspecified atom stereocenters. The molecule has 114 valence electrons. The fourth-order valence-corrected chi connectivity index (χ4v) is 3.94. The van der Waals surface area contributed by atoms with E-state index in [-0.39, 0.29) is 24.2 Å². The predicted molar refractivity (Wildman–Crippen MR) is 76.5 cm³/mol. The molecule has 1 heterocycles. The van der Waals surface area contributed by atoms with Gasteiger partial charge in [0.15, 0.2) is 0 Å². The Morgan fingerprint density at radius 1 is 0.950 bits per heavy atom. The number of rotatable bonds is 3. The van der Waals surface area contributed by atoms with Crippen molar-refractivity contribution in [3.05, 3.63) is 0 Å². The van der Waals surface area contributed by atoms with Crippen LogP contribution in [0, 0.1) is 5.92 Å². The number of hydrogen-bond donors (Lipinski definition) is 1. The second-order valence-corrected chi connectivity index (χ2v) is 6.60. The molecule has 1 N–H and O–H groups in total. The largest absolute Gasteiger partial charge is 0.373 e. The van der Waals surface area contributed by atoms with Gasteiger partial charge in [-0.3, -0.25) is 4.79 Å². The van der Waals surface area contributed by atoms with Crippen LogP contribution < -0.4 is 5.32 Å². The zero-order valence-corrected chi connectivity index (χ0v) is 12.3. The molecule has 2 aliphatic carbocycles. The van der Waals surface area contributed by atoms with E-state index < -0.39 is 0 Å². The second-order valence-electron chi connectivity index (χ2n) is 6.60. The van der Waals surface area contributed by atoms with Crippen LogP contribution in [0.3, 0.4) is 0 Å². The van der Waals surface area contributed by atoms with Crippen LogP contribution >= 0.6 is 0 Å². The molecule has 3 fully saturated rings. The summed E-state index contributed by atoms with van der Waals surface area (Å²) in [6.07, 6.45) is 10.6. The van der Waals surface area contributed by atoms with Gasteiger partial charge in [-0.1, -0.05) is 19.3 Å². The van der Waals surface area contributed by atoms with Gasteiger partial charge in [-0.25, -0.2) is 0 Å². The Hall–Kier alpha value is -0.610. The summed E-state index contributed by atoms with van der Waals surface area (Å²) in [5.74, 6) is 0.867. The van der Waals surface area contributed by atoms with E-state index in [0.29, 0.717) is 12.5 Å². The summed E-state index contributed by atoms with van der Waals surface area (Å²) in [6, 6.07) is 0.286. The van der Waals surface area contributed by atoms with Gasteiger partial charge in [0.25, 0.3) is 0 Å². The average molecular weight is 281 g/mol. The van der Waals surface area contributed by atoms with Gasteiger partial charge in [0.1, 0.15) is 0 Å². The van der Waals surface area contributed by atoms with Crippen molar-refractivity contribution >= 4 is 5.91 Å². The van der Waals surface area contributed by atoms with E-state index in [4.69, 9.17) is 9.47 Å². The lowest BCUT2D eigenvalue weighted by atomic mass is 9.86. The number of hydrogen-bond acceptors (Lipinski definition) is 3. The minimum absolute atomic E-state index is 0.192. The van der Waals surface area contributed by atoms with Gasteiger partial charge >= 0.3 is 0 Å². The molecule has 3 rings (SSSR count). The van der Waals surface area contributed by atoms with Crippen LogP contribution in [0.15, 0.2) is 0 Å². The Balaban J connectivity index is 1.42. The highest BCUT2D eigenvalue weighted by Gasteiger charge is 2.34. The highest BCUT2D eigenvalue weighted by Crippen LogP contribution is 2.28. The van der Waals surface area contributed by atoms with Crippen molar-refractivity contribution in [2.75, 3.05) is 13.2 Å². The minimum atomic E-state index is 0.192. The number of carbonyl (C=O) groups is 1. The monoisotopic (exact) mass is 281 g/mol. The maximum Gasteiger partial charge on any atom is 0.220 e. The van der Waals surface area contributed by atoms with Crippen LogP contribution in [0.25, 0.3) is 0 Å². The molecule has 20 heavy (non-hydrogen) atoms. The standard InChI is InChI=1S/C16H27NO3/c18-16(10-12-4-2-1-3-5-12)17-13-6-7-14-15(11-13)20-9-8-19-14/h12-15H,1-11H2,(H,17,18). The smallest absolute Gasteiger partial charge is 0.220 e. The molecular weight excluding hydrogens is 254 g/mol.